The molecule has 3 aromatic rings. The van der Waals surface area contributed by atoms with E-state index < -0.39 is 0 Å². The molecule has 16 heavy (non-hydrogen) atoms. The molecule has 0 saturated heterocycles. The Kier molecular flexibility index (Phi) is 2.98. The number of fused-ring (bicyclic) bond motifs is 1. The Morgan fingerprint density at radius 1 is 1.06 bits per heavy atom. The number of aromatic nitrogens is 6. The lowest BCUT2D eigenvalue weighted by Gasteiger charge is -1.89. The monoisotopic (exact) mass is 215 g/mol. The van der Waals surface area contributed by atoms with E-state index in [4.69, 9.17) is 5.73 Å². The van der Waals surface area contributed by atoms with Crippen molar-refractivity contribution < 1.29 is 0 Å². The molecule has 0 amide bonds. The van der Waals surface area contributed by atoms with Gasteiger partial charge in [-0.2, -0.15) is 10.2 Å². The van der Waals surface area contributed by atoms with Gasteiger partial charge in [-0.3, -0.25) is 0 Å². The molecule has 0 atom stereocenters. The number of nitrogen functional groups attached to an aromatic ring is 1. The number of hydrogen-bond donors (Lipinski definition) is 1. The minimum atomic E-state index is 0.443. The lowest BCUT2D eigenvalue weighted by Crippen LogP contribution is -1.97. The summed E-state index contributed by atoms with van der Waals surface area (Å²) in [5.41, 5.74) is 6.09. The Hall–Kier alpha value is -2.57. The molecule has 0 bridgehead atoms. The molecule has 7 heteroatoms. The van der Waals surface area contributed by atoms with Crippen molar-refractivity contribution in [3.05, 3.63) is 43.0 Å². The van der Waals surface area contributed by atoms with Crippen LogP contribution in [0.15, 0.2) is 43.0 Å². The van der Waals surface area contributed by atoms with E-state index in [0.717, 1.165) is 0 Å². The Balaban J connectivity index is 0.000000138. The Morgan fingerprint density at radius 3 is 2.44 bits per heavy atom. The molecule has 3 aromatic heterocycles. The Labute approximate surface area is 91.0 Å². The van der Waals surface area contributed by atoms with Crippen LogP contribution < -0.4 is 5.73 Å². The second-order valence-electron chi connectivity index (χ2n) is 2.78. The van der Waals surface area contributed by atoms with Gasteiger partial charge in [0.15, 0.2) is 5.65 Å². The zero-order chi connectivity index (χ0) is 11.2. The topological polar surface area (TPSA) is 94.9 Å². The van der Waals surface area contributed by atoms with Gasteiger partial charge in [-0.05, 0) is 24.3 Å². The van der Waals surface area contributed by atoms with E-state index in [2.05, 4.69) is 25.4 Å². The molecular weight excluding hydrogens is 206 g/mol. The van der Waals surface area contributed by atoms with E-state index in [9.17, 15) is 0 Å². The van der Waals surface area contributed by atoms with Gasteiger partial charge in [0.25, 0.3) is 0 Å². The molecule has 7 nitrogen and oxygen atoms in total. The van der Waals surface area contributed by atoms with Crippen LogP contribution in [0.5, 0.6) is 0 Å². The number of nitrogens with two attached hydrogens (primary N) is 1. The minimum absolute atomic E-state index is 0.443. The molecular formula is C9H9N7. The van der Waals surface area contributed by atoms with E-state index >= 15 is 0 Å². The standard InChI is InChI=1S/C5H5N5.C4H4N2/c6-4-1-2-5-7-3-8-10(5)9-4;1-2-4-6-5-3-1/h1-3H,(H2,6,9);1-4H. The second kappa shape index (κ2) is 4.78. The number of nitrogens with zero attached hydrogens (tertiary/aromatic N) is 6. The fourth-order valence-electron chi connectivity index (χ4n) is 0.987. The maximum atomic E-state index is 5.38. The van der Waals surface area contributed by atoms with Crippen molar-refractivity contribution in [2.75, 3.05) is 5.73 Å². The normalized spacial score (nSPS) is 9.50. The summed E-state index contributed by atoms with van der Waals surface area (Å²) in [5.74, 6) is 0.443. The summed E-state index contributed by atoms with van der Waals surface area (Å²) in [7, 11) is 0. The van der Waals surface area contributed by atoms with Crippen molar-refractivity contribution in [1.82, 2.24) is 30.0 Å². The zero-order valence-electron chi connectivity index (χ0n) is 8.30. The molecule has 0 fully saturated rings. The molecule has 2 N–H and O–H groups in total. The summed E-state index contributed by atoms with van der Waals surface area (Å²) < 4.78 is 1.38. The van der Waals surface area contributed by atoms with E-state index in [0.29, 0.717) is 11.5 Å². The SMILES string of the molecule is Nc1ccc2ncnn2n1.c1ccnnc1. The lowest BCUT2D eigenvalue weighted by molar-refractivity contribution is 0.806. The fraction of sp³-hybridized carbons (Fsp3) is 0. The van der Waals surface area contributed by atoms with Crippen LogP contribution in [0.25, 0.3) is 5.65 Å². The third-order valence-electron chi connectivity index (χ3n) is 1.65. The van der Waals surface area contributed by atoms with Gasteiger partial charge >= 0.3 is 0 Å². The summed E-state index contributed by atoms with van der Waals surface area (Å²) in [6.45, 7) is 0. The first kappa shape index (κ1) is 9.97. The molecule has 0 aliphatic heterocycles. The zero-order valence-corrected chi connectivity index (χ0v) is 8.30. The molecule has 0 aliphatic carbocycles. The molecule has 0 spiro atoms. The largest absolute Gasteiger partial charge is 0.382 e. The fourth-order valence-corrected chi connectivity index (χ4v) is 0.987. The van der Waals surface area contributed by atoms with Crippen molar-refractivity contribution in [2.24, 2.45) is 0 Å². The molecule has 0 aliphatic rings. The van der Waals surface area contributed by atoms with E-state index in [1.807, 2.05) is 12.1 Å². The highest BCUT2D eigenvalue weighted by molar-refractivity contribution is 5.39. The summed E-state index contributed by atoms with van der Waals surface area (Å²) in [6, 6.07) is 7.10. The van der Waals surface area contributed by atoms with Crippen molar-refractivity contribution in [1.29, 1.82) is 0 Å². The average Bonchev–Trinajstić information content (AvgIpc) is 2.79. The third kappa shape index (κ3) is 2.47. The predicted molar refractivity (Wildman–Crippen MR) is 57.2 cm³/mol. The van der Waals surface area contributed by atoms with Crippen molar-refractivity contribution in [3.8, 4) is 0 Å². The van der Waals surface area contributed by atoms with Gasteiger partial charge in [-0.15, -0.1) is 14.8 Å². The van der Waals surface area contributed by atoms with Crippen LogP contribution in [0.3, 0.4) is 0 Å². The van der Waals surface area contributed by atoms with Gasteiger partial charge in [-0.25, -0.2) is 4.98 Å². The van der Waals surface area contributed by atoms with Gasteiger partial charge in [-0.1, -0.05) is 0 Å². The highest BCUT2D eigenvalue weighted by Crippen LogP contribution is 1.97. The third-order valence-corrected chi connectivity index (χ3v) is 1.65. The van der Waals surface area contributed by atoms with Gasteiger partial charge < -0.3 is 5.73 Å². The Bertz CT molecular complexity index is 521. The molecule has 3 rings (SSSR count). The van der Waals surface area contributed by atoms with Crippen molar-refractivity contribution in [3.63, 3.8) is 0 Å². The van der Waals surface area contributed by atoms with Gasteiger partial charge in [0.2, 0.25) is 0 Å². The van der Waals surface area contributed by atoms with E-state index in [1.54, 1.807) is 24.5 Å². The van der Waals surface area contributed by atoms with Gasteiger partial charge in [0.05, 0.1) is 0 Å². The highest BCUT2D eigenvalue weighted by Gasteiger charge is 1.93. The van der Waals surface area contributed by atoms with Crippen LogP contribution in [0.2, 0.25) is 0 Å². The quantitative estimate of drug-likeness (QED) is 0.575. The first-order valence-electron chi connectivity index (χ1n) is 4.50. The van der Waals surface area contributed by atoms with Crippen molar-refractivity contribution in [2.45, 2.75) is 0 Å². The minimum Gasteiger partial charge on any atom is -0.382 e. The van der Waals surface area contributed by atoms with Crippen LogP contribution in [0.4, 0.5) is 5.82 Å². The van der Waals surface area contributed by atoms with Gasteiger partial charge in [0, 0.05) is 12.4 Å². The van der Waals surface area contributed by atoms with E-state index in [-0.39, 0.29) is 0 Å². The lowest BCUT2D eigenvalue weighted by atomic mass is 10.5. The van der Waals surface area contributed by atoms with Crippen LogP contribution in [-0.2, 0) is 0 Å². The number of rotatable bonds is 0. The average molecular weight is 215 g/mol. The van der Waals surface area contributed by atoms with Gasteiger partial charge in [0.1, 0.15) is 12.1 Å². The van der Waals surface area contributed by atoms with E-state index in [1.165, 1.54) is 11.0 Å². The number of hydrogen-bond acceptors (Lipinski definition) is 6. The molecule has 80 valence electrons. The summed E-state index contributed by atoms with van der Waals surface area (Å²) >= 11 is 0. The summed E-state index contributed by atoms with van der Waals surface area (Å²) in [6.07, 6.45) is 4.71. The van der Waals surface area contributed by atoms with Crippen LogP contribution in [-0.4, -0.2) is 30.0 Å². The summed E-state index contributed by atoms with van der Waals surface area (Å²) in [4.78, 5) is 3.89. The second-order valence-corrected chi connectivity index (χ2v) is 2.78. The molecule has 0 radical (unpaired) electrons. The first-order chi connectivity index (χ1) is 7.86. The predicted octanol–water partition coefficient (Wildman–Crippen LogP) is 0.183. The molecule has 0 unspecified atom stereocenters. The first-order valence-corrected chi connectivity index (χ1v) is 4.50. The van der Waals surface area contributed by atoms with Crippen LogP contribution in [0.1, 0.15) is 0 Å². The molecule has 0 saturated carbocycles. The van der Waals surface area contributed by atoms with Crippen LogP contribution in [0, 0.1) is 0 Å². The smallest absolute Gasteiger partial charge is 0.176 e. The molecule has 0 aromatic carbocycles. The Morgan fingerprint density at radius 2 is 1.81 bits per heavy atom. The summed E-state index contributed by atoms with van der Waals surface area (Å²) in [5, 5.41) is 14.7. The maximum absolute atomic E-state index is 5.38. The molecule has 3 heterocycles. The number of anilines is 1. The van der Waals surface area contributed by atoms with Crippen molar-refractivity contribution >= 4 is 11.5 Å². The van der Waals surface area contributed by atoms with Crippen LogP contribution >= 0.6 is 0 Å². The maximum Gasteiger partial charge on any atom is 0.176 e. The highest BCUT2D eigenvalue weighted by atomic mass is 15.4.